The third kappa shape index (κ3) is 4.26. The number of para-hydroxylation sites is 2. The van der Waals surface area contributed by atoms with Crippen LogP contribution in [0.15, 0.2) is 54.7 Å². The summed E-state index contributed by atoms with van der Waals surface area (Å²) in [5.74, 6) is 0.738. The van der Waals surface area contributed by atoms with Gasteiger partial charge in [0, 0.05) is 11.8 Å². The molecular weight excluding hydrogens is 288 g/mol. The van der Waals surface area contributed by atoms with Crippen LogP contribution in [-0.4, -0.2) is 13.1 Å². The van der Waals surface area contributed by atoms with Gasteiger partial charge in [-0.15, -0.1) is 0 Å². The minimum atomic E-state index is -0.366. The van der Waals surface area contributed by atoms with Crippen LogP contribution in [0.5, 0.6) is 5.75 Å². The van der Waals surface area contributed by atoms with Gasteiger partial charge in [-0.1, -0.05) is 41.9 Å². The number of methoxy groups -OCH3 is 1. The fraction of sp³-hybridized carbons (Fsp3) is 0.0625. The topological polar surface area (TPSA) is 50.4 Å². The highest BCUT2D eigenvalue weighted by molar-refractivity contribution is 6.33. The van der Waals surface area contributed by atoms with Crippen molar-refractivity contribution in [3.8, 4) is 5.75 Å². The van der Waals surface area contributed by atoms with Crippen LogP contribution in [0.4, 0.5) is 10.5 Å². The predicted molar refractivity (Wildman–Crippen MR) is 85.6 cm³/mol. The standard InChI is InChI=1S/C16H15ClN2O2/c1-21-15-9-5-2-6-12(15)10-11-18-16(20)19-14-8-4-3-7-13(14)17/h2-11H,1H3,(H2,18,19,20)/b11-10+. The molecule has 0 saturated carbocycles. The molecule has 0 heterocycles. The number of carbonyl (C=O) groups is 1. The highest BCUT2D eigenvalue weighted by Gasteiger charge is 2.03. The van der Waals surface area contributed by atoms with Crippen molar-refractivity contribution in [3.63, 3.8) is 0 Å². The van der Waals surface area contributed by atoms with Crippen molar-refractivity contribution in [2.24, 2.45) is 0 Å². The molecule has 0 radical (unpaired) electrons. The second kappa shape index (κ2) is 7.36. The molecule has 0 unspecified atom stereocenters. The predicted octanol–water partition coefficient (Wildman–Crippen LogP) is 4.14. The largest absolute Gasteiger partial charge is 0.496 e. The number of carbonyl (C=O) groups excluding carboxylic acids is 1. The fourth-order valence-electron chi connectivity index (χ4n) is 1.73. The maximum atomic E-state index is 11.7. The summed E-state index contributed by atoms with van der Waals surface area (Å²) >= 11 is 5.96. The normalized spacial score (nSPS) is 10.4. The first-order chi connectivity index (χ1) is 10.2. The molecular formula is C16H15ClN2O2. The van der Waals surface area contributed by atoms with E-state index >= 15 is 0 Å². The van der Waals surface area contributed by atoms with E-state index in [1.807, 2.05) is 24.3 Å². The molecule has 2 rings (SSSR count). The molecule has 0 aliphatic carbocycles. The van der Waals surface area contributed by atoms with Crippen LogP contribution in [0.25, 0.3) is 6.08 Å². The Labute approximate surface area is 128 Å². The quantitative estimate of drug-likeness (QED) is 0.891. The maximum Gasteiger partial charge on any atom is 0.323 e. The van der Waals surface area contributed by atoms with Crippen molar-refractivity contribution < 1.29 is 9.53 Å². The van der Waals surface area contributed by atoms with Gasteiger partial charge >= 0.3 is 6.03 Å². The van der Waals surface area contributed by atoms with Crippen molar-refractivity contribution in [2.45, 2.75) is 0 Å². The van der Waals surface area contributed by atoms with E-state index in [0.717, 1.165) is 11.3 Å². The van der Waals surface area contributed by atoms with E-state index in [-0.39, 0.29) is 6.03 Å². The van der Waals surface area contributed by atoms with E-state index in [2.05, 4.69) is 10.6 Å². The third-order valence-electron chi connectivity index (χ3n) is 2.74. The summed E-state index contributed by atoms with van der Waals surface area (Å²) in [6.45, 7) is 0. The van der Waals surface area contributed by atoms with Gasteiger partial charge in [0.1, 0.15) is 5.75 Å². The molecule has 2 aromatic carbocycles. The van der Waals surface area contributed by atoms with Gasteiger partial charge in [0.05, 0.1) is 17.8 Å². The van der Waals surface area contributed by atoms with Crippen LogP contribution < -0.4 is 15.4 Å². The van der Waals surface area contributed by atoms with Crippen molar-refractivity contribution in [1.82, 2.24) is 5.32 Å². The first-order valence-electron chi connectivity index (χ1n) is 6.32. The van der Waals surface area contributed by atoms with Gasteiger partial charge in [0.2, 0.25) is 0 Å². The Morgan fingerprint density at radius 3 is 2.62 bits per heavy atom. The molecule has 2 aromatic rings. The fourth-order valence-corrected chi connectivity index (χ4v) is 1.92. The number of benzene rings is 2. The summed E-state index contributed by atoms with van der Waals surface area (Å²) < 4.78 is 5.22. The summed E-state index contributed by atoms with van der Waals surface area (Å²) in [6.07, 6.45) is 3.30. The van der Waals surface area contributed by atoms with Crippen LogP contribution in [0.2, 0.25) is 5.02 Å². The number of halogens is 1. The molecule has 2 N–H and O–H groups in total. The van der Waals surface area contributed by atoms with Crippen LogP contribution in [0, 0.1) is 0 Å². The zero-order chi connectivity index (χ0) is 15.1. The lowest BCUT2D eigenvalue weighted by Gasteiger charge is -2.06. The molecule has 5 heteroatoms. The number of rotatable bonds is 4. The number of ether oxygens (including phenoxy) is 1. The summed E-state index contributed by atoms with van der Waals surface area (Å²) in [5, 5.41) is 5.76. The third-order valence-corrected chi connectivity index (χ3v) is 3.07. The molecule has 4 nitrogen and oxygen atoms in total. The van der Waals surface area contributed by atoms with Crippen molar-refractivity contribution in [3.05, 3.63) is 65.3 Å². The molecule has 0 fully saturated rings. The Balaban J connectivity index is 1.95. The minimum absolute atomic E-state index is 0.366. The van der Waals surface area contributed by atoms with Crippen LogP contribution in [0.1, 0.15) is 5.56 Å². The van der Waals surface area contributed by atoms with Crippen molar-refractivity contribution in [2.75, 3.05) is 12.4 Å². The Morgan fingerprint density at radius 1 is 1.14 bits per heavy atom. The molecule has 0 atom stereocenters. The lowest BCUT2D eigenvalue weighted by molar-refractivity contribution is 0.255. The van der Waals surface area contributed by atoms with Crippen molar-refractivity contribution in [1.29, 1.82) is 0 Å². The van der Waals surface area contributed by atoms with Crippen LogP contribution >= 0.6 is 11.6 Å². The monoisotopic (exact) mass is 302 g/mol. The SMILES string of the molecule is COc1ccccc1/C=C/NC(=O)Nc1ccccc1Cl. The second-order valence-electron chi connectivity index (χ2n) is 4.15. The number of hydrogen-bond acceptors (Lipinski definition) is 2. The molecule has 0 aliphatic rings. The van der Waals surface area contributed by atoms with Crippen molar-refractivity contribution >= 4 is 29.4 Å². The van der Waals surface area contributed by atoms with Gasteiger partial charge in [0.25, 0.3) is 0 Å². The highest BCUT2D eigenvalue weighted by Crippen LogP contribution is 2.20. The van der Waals surface area contributed by atoms with Gasteiger partial charge in [0.15, 0.2) is 0 Å². The van der Waals surface area contributed by atoms with Crippen LogP contribution in [-0.2, 0) is 0 Å². The van der Waals surface area contributed by atoms with E-state index in [1.165, 1.54) is 0 Å². The first-order valence-corrected chi connectivity index (χ1v) is 6.70. The van der Waals surface area contributed by atoms with E-state index in [1.54, 1.807) is 43.7 Å². The Kier molecular flexibility index (Phi) is 5.23. The molecule has 108 valence electrons. The lowest BCUT2D eigenvalue weighted by atomic mass is 10.2. The smallest absolute Gasteiger partial charge is 0.323 e. The van der Waals surface area contributed by atoms with E-state index in [9.17, 15) is 4.79 Å². The Bertz CT molecular complexity index is 656. The molecule has 0 aromatic heterocycles. The molecule has 21 heavy (non-hydrogen) atoms. The number of amides is 2. The summed E-state index contributed by atoms with van der Waals surface area (Å²) in [5.41, 5.74) is 1.43. The molecule has 0 spiro atoms. The number of anilines is 1. The summed E-state index contributed by atoms with van der Waals surface area (Å²) in [6, 6.07) is 14.2. The Morgan fingerprint density at radius 2 is 1.86 bits per heavy atom. The van der Waals surface area contributed by atoms with E-state index in [0.29, 0.717) is 10.7 Å². The van der Waals surface area contributed by atoms with Crippen LogP contribution in [0.3, 0.4) is 0 Å². The zero-order valence-electron chi connectivity index (χ0n) is 11.5. The summed E-state index contributed by atoms with van der Waals surface area (Å²) in [4.78, 5) is 11.7. The molecule has 0 aliphatic heterocycles. The maximum absolute atomic E-state index is 11.7. The van der Waals surface area contributed by atoms with E-state index < -0.39 is 0 Å². The molecule has 0 bridgehead atoms. The highest BCUT2D eigenvalue weighted by atomic mass is 35.5. The van der Waals surface area contributed by atoms with Gasteiger partial charge < -0.3 is 15.4 Å². The van der Waals surface area contributed by atoms with Gasteiger partial charge in [-0.05, 0) is 24.3 Å². The molecule has 0 saturated heterocycles. The number of urea groups is 1. The average molecular weight is 303 g/mol. The lowest BCUT2D eigenvalue weighted by Crippen LogP contribution is -2.23. The number of nitrogens with one attached hydrogen (secondary N) is 2. The number of hydrogen-bond donors (Lipinski definition) is 2. The van der Waals surface area contributed by atoms with E-state index in [4.69, 9.17) is 16.3 Å². The zero-order valence-corrected chi connectivity index (χ0v) is 12.2. The Hall–Kier alpha value is -2.46. The van der Waals surface area contributed by atoms with Gasteiger partial charge in [-0.3, -0.25) is 0 Å². The summed E-state index contributed by atoms with van der Waals surface area (Å²) in [7, 11) is 1.60. The first kappa shape index (κ1) is 14.9. The minimum Gasteiger partial charge on any atom is -0.496 e. The second-order valence-corrected chi connectivity index (χ2v) is 4.56. The van der Waals surface area contributed by atoms with Gasteiger partial charge in [-0.25, -0.2) is 4.79 Å². The molecule has 2 amide bonds. The average Bonchev–Trinajstić information content (AvgIpc) is 2.50. The van der Waals surface area contributed by atoms with Gasteiger partial charge in [-0.2, -0.15) is 0 Å².